The summed E-state index contributed by atoms with van der Waals surface area (Å²) in [6.07, 6.45) is 3.46. The molecule has 6 heteroatoms. The van der Waals surface area contributed by atoms with Gasteiger partial charge in [0.2, 0.25) is 0 Å². The van der Waals surface area contributed by atoms with Crippen LogP contribution in [0.15, 0.2) is 12.1 Å². The molecule has 1 aromatic rings. The second-order valence-electron chi connectivity index (χ2n) is 5.40. The van der Waals surface area contributed by atoms with Crippen molar-refractivity contribution >= 4 is 23.2 Å². The number of halogens is 2. The molecule has 21 heavy (non-hydrogen) atoms. The smallest absolute Gasteiger partial charge is 0.134 e. The van der Waals surface area contributed by atoms with E-state index < -0.39 is 0 Å². The Hall–Kier alpha value is -0.520. The Kier molecular flexibility index (Phi) is 6.58. The van der Waals surface area contributed by atoms with Crippen LogP contribution in [0.25, 0.3) is 0 Å². The molecule has 4 nitrogen and oxygen atoms in total. The Morgan fingerprint density at radius 1 is 1.29 bits per heavy atom. The lowest BCUT2D eigenvalue weighted by molar-refractivity contribution is 0.0910. The van der Waals surface area contributed by atoms with Gasteiger partial charge < -0.3 is 15.5 Å². The molecule has 0 spiro atoms. The fourth-order valence-electron chi connectivity index (χ4n) is 2.74. The van der Waals surface area contributed by atoms with Gasteiger partial charge in [-0.2, -0.15) is 0 Å². The van der Waals surface area contributed by atoms with E-state index in [-0.39, 0.29) is 18.4 Å². The van der Waals surface area contributed by atoms with Gasteiger partial charge in [-0.3, -0.25) is 4.90 Å². The molecule has 0 saturated carbocycles. The van der Waals surface area contributed by atoms with Gasteiger partial charge in [-0.05, 0) is 31.5 Å². The summed E-state index contributed by atoms with van der Waals surface area (Å²) in [6.45, 7) is 3.46. The predicted octanol–water partition coefficient (Wildman–Crippen LogP) is 2.64. The summed E-state index contributed by atoms with van der Waals surface area (Å²) in [7, 11) is 0. The first-order valence-corrected chi connectivity index (χ1v) is 8.10. The van der Waals surface area contributed by atoms with Crippen LogP contribution in [-0.4, -0.2) is 47.4 Å². The molecule has 0 aliphatic carbocycles. The number of nitrogens with zero attached hydrogens (tertiary/aromatic N) is 1. The van der Waals surface area contributed by atoms with Crippen LogP contribution in [0.5, 0.6) is 5.75 Å². The number of hydrogen-bond donors (Lipinski definition) is 3. The Bertz CT molecular complexity index is 471. The lowest BCUT2D eigenvalue weighted by Crippen LogP contribution is -2.44. The molecule has 1 saturated heterocycles. The van der Waals surface area contributed by atoms with E-state index in [1.54, 1.807) is 6.07 Å². The van der Waals surface area contributed by atoms with Gasteiger partial charge in [-0.15, -0.1) is 0 Å². The maximum absolute atomic E-state index is 9.60. The first-order chi connectivity index (χ1) is 10.1. The van der Waals surface area contributed by atoms with Crippen molar-refractivity contribution in [3.63, 3.8) is 0 Å². The molecule has 1 fully saturated rings. The minimum absolute atomic E-state index is 0.0502. The predicted molar refractivity (Wildman–Crippen MR) is 86.1 cm³/mol. The average Bonchev–Trinajstić information content (AvgIpc) is 2.50. The Morgan fingerprint density at radius 2 is 2.10 bits per heavy atom. The van der Waals surface area contributed by atoms with E-state index in [4.69, 9.17) is 23.2 Å². The number of phenolic OH excluding ortho intramolecular Hbond substituents is 1. The van der Waals surface area contributed by atoms with E-state index in [0.717, 1.165) is 31.6 Å². The van der Waals surface area contributed by atoms with Crippen LogP contribution in [0, 0.1) is 0 Å². The molecular weight excluding hydrogens is 311 g/mol. The minimum Gasteiger partial charge on any atom is -0.506 e. The van der Waals surface area contributed by atoms with Crippen LogP contribution in [0.2, 0.25) is 10.0 Å². The first-order valence-electron chi connectivity index (χ1n) is 7.35. The minimum atomic E-state index is 0.0502. The molecule has 1 aromatic carbocycles. The number of aliphatic hydroxyl groups is 1. The molecule has 1 heterocycles. The van der Waals surface area contributed by atoms with Gasteiger partial charge in [0.15, 0.2) is 0 Å². The molecule has 1 aliphatic rings. The van der Waals surface area contributed by atoms with Gasteiger partial charge in [-0.1, -0.05) is 29.6 Å². The number of likely N-dealkylation sites (tertiary alicyclic amines) is 1. The number of hydrogen-bond acceptors (Lipinski definition) is 4. The number of nitrogens with one attached hydrogen (secondary N) is 1. The van der Waals surface area contributed by atoms with Gasteiger partial charge in [0.05, 0.1) is 11.6 Å². The van der Waals surface area contributed by atoms with Crippen LogP contribution in [0.1, 0.15) is 24.8 Å². The van der Waals surface area contributed by atoms with E-state index in [9.17, 15) is 10.2 Å². The molecule has 0 bridgehead atoms. The lowest BCUT2D eigenvalue weighted by Gasteiger charge is -2.34. The zero-order chi connectivity index (χ0) is 15.2. The molecule has 118 valence electrons. The highest BCUT2D eigenvalue weighted by Crippen LogP contribution is 2.32. The standard InChI is InChI=1S/C15H22Cl2N2O2/c16-13-4-5-14(21)15(17)12(13)9-18-6-8-19-7-2-1-3-11(19)10-20/h4-5,11,18,20-21H,1-3,6-10H2. The molecule has 2 rings (SSSR count). The van der Waals surface area contributed by atoms with Crippen molar-refractivity contribution in [2.45, 2.75) is 31.8 Å². The number of aliphatic hydroxyl groups excluding tert-OH is 1. The summed E-state index contributed by atoms with van der Waals surface area (Å²) >= 11 is 12.1. The highest BCUT2D eigenvalue weighted by atomic mass is 35.5. The van der Waals surface area contributed by atoms with Crippen LogP contribution in [-0.2, 0) is 6.54 Å². The highest BCUT2D eigenvalue weighted by molar-refractivity contribution is 6.36. The number of phenols is 1. The molecule has 0 radical (unpaired) electrons. The second kappa shape index (κ2) is 8.20. The second-order valence-corrected chi connectivity index (χ2v) is 6.19. The third-order valence-corrected chi connectivity index (χ3v) is 4.78. The Morgan fingerprint density at radius 3 is 2.86 bits per heavy atom. The Balaban J connectivity index is 1.81. The van der Waals surface area contributed by atoms with Crippen molar-refractivity contribution in [3.05, 3.63) is 27.7 Å². The largest absolute Gasteiger partial charge is 0.506 e. The normalized spacial score (nSPS) is 19.9. The summed E-state index contributed by atoms with van der Waals surface area (Å²) in [6, 6.07) is 3.42. The van der Waals surface area contributed by atoms with Crippen molar-refractivity contribution in [1.29, 1.82) is 0 Å². The maximum Gasteiger partial charge on any atom is 0.134 e. The van der Waals surface area contributed by atoms with Crippen molar-refractivity contribution in [3.8, 4) is 5.75 Å². The Labute approximate surface area is 135 Å². The van der Waals surface area contributed by atoms with Crippen LogP contribution >= 0.6 is 23.2 Å². The van der Waals surface area contributed by atoms with Crippen LogP contribution in [0.3, 0.4) is 0 Å². The highest BCUT2D eigenvalue weighted by Gasteiger charge is 2.20. The number of benzene rings is 1. The molecule has 1 unspecified atom stereocenters. The van der Waals surface area contributed by atoms with E-state index >= 15 is 0 Å². The molecule has 1 atom stereocenters. The van der Waals surface area contributed by atoms with Gasteiger partial charge in [0.1, 0.15) is 5.75 Å². The third-order valence-electron chi connectivity index (χ3n) is 4.00. The van der Waals surface area contributed by atoms with E-state index in [2.05, 4.69) is 10.2 Å². The monoisotopic (exact) mass is 332 g/mol. The molecule has 3 N–H and O–H groups in total. The zero-order valence-corrected chi connectivity index (χ0v) is 13.5. The number of piperidine rings is 1. The zero-order valence-electron chi connectivity index (χ0n) is 12.0. The van der Waals surface area contributed by atoms with E-state index in [1.807, 2.05) is 0 Å². The number of rotatable bonds is 6. The summed E-state index contributed by atoms with van der Waals surface area (Å²) in [5, 5.41) is 23.1. The summed E-state index contributed by atoms with van der Waals surface area (Å²) < 4.78 is 0. The van der Waals surface area contributed by atoms with E-state index in [1.165, 1.54) is 18.9 Å². The molecule has 1 aliphatic heterocycles. The maximum atomic E-state index is 9.60. The summed E-state index contributed by atoms with van der Waals surface area (Å²) in [4.78, 5) is 2.32. The topological polar surface area (TPSA) is 55.7 Å². The molecule has 0 amide bonds. The van der Waals surface area contributed by atoms with Crippen LogP contribution in [0.4, 0.5) is 0 Å². The van der Waals surface area contributed by atoms with E-state index in [0.29, 0.717) is 16.6 Å². The quantitative estimate of drug-likeness (QED) is 0.701. The SMILES string of the molecule is OCC1CCCCN1CCNCc1c(Cl)ccc(O)c1Cl. The fraction of sp³-hybridized carbons (Fsp3) is 0.600. The van der Waals surface area contributed by atoms with Crippen LogP contribution < -0.4 is 5.32 Å². The molecular formula is C15H22Cl2N2O2. The van der Waals surface area contributed by atoms with Crippen molar-refractivity contribution in [1.82, 2.24) is 10.2 Å². The third kappa shape index (κ3) is 4.47. The summed E-state index contributed by atoms with van der Waals surface area (Å²) in [5.74, 6) is 0.0502. The first kappa shape index (κ1) is 16.8. The van der Waals surface area contributed by atoms with Gasteiger partial charge in [0.25, 0.3) is 0 Å². The van der Waals surface area contributed by atoms with Crippen molar-refractivity contribution in [2.75, 3.05) is 26.2 Å². The fourth-order valence-corrected chi connectivity index (χ4v) is 3.25. The van der Waals surface area contributed by atoms with Gasteiger partial charge >= 0.3 is 0 Å². The van der Waals surface area contributed by atoms with Gasteiger partial charge in [-0.25, -0.2) is 0 Å². The molecule has 0 aromatic heterocycles. The summed E-state index contributed by atoms with van der Waals surface area (Å²) in [5.41, 5.74) is 0.718. The number of aromatic hydroxyl groups is 1. The lowest BCUT2D eigenvalue weighted by atomic mass is 10.0. The van der Waals surface area contributed by atoms with Crippen molar-refractivity contribution in [2.24, 2.45) is 0 Å². The van der Waals surface area contributed by atoms with Crippen molar-refractivity contribution < 1.29 is 10.2 Å². The van der Waals surface area contributed by atoms with Gasteiger partial charge in [0, 0.05) is 36.3 Å². The average molecular weight is 333 g/mol.